The Morgan fingerprint density at radius 3 is 2.71 bits per heavy atom. The van der Waals surface area contributed by atoms with Gasteiger partial charge < -0.3 is 16.4 Å². The maximum Gasteiger partial charge on any atom is 0.237 e. The minimum atomic E-state index is -0.379. The zero-order valence-electron chi connectivity index (χ0n) is 8.38. The highest BCUT2D eigenvalue weighted by Gasteiger charge is 2.10. The third-order valence-corrected chi connectivity index (χ3v) is 1.64. The third-order valence-electron chi connectivity index (χ3n) is 1.64. The maximum absolute atomic E-state index is 11.2. The van der Waals surface area contributed by atoms with Crippen LogP contribution < -0.4 is 16.4 Å². The number of nitrogens with one attached hydrogen (secondary N) is 2. The Labute approximate surface area is 83.7 Å². The minimum absolute atomic E-state index is 0.116. The Bertz CT molecular complexity index is 216. The molecule has 2 amide bonds. The molecule has 4 N–H and O–H groups in total. The molecule has 5 heteroatoms. The quantitative estimate of drug-likeness (QED) is 0.467. The first-order chi connectivity index (χ1) is 6.57. The molecule has 0 saturated heterocycles. The van der Waals surface area contributed by atoms with Gasteiger partial charge in [-0.3, -0.25) is 9.59 Å². The van der Waals surface area contributed by atoms with E-state index in [0.29, 0.717) is 13.1 Å². The molecule has 0 aromatic rings. The van der Waals surface area contributed by atoms with Gasteiger partial charge in [-0.25, -0.2) is 0 Å². The number of hydrogen-bond acceptors (Lipinski definition) is 3. The van der Waals surface area contributed by atoms with Gasteiger partial charge in [-0.2, -0.15) is 0 Å². The van der Waals surface area contributed by atoms with E-state index in [2.05, 4.69) is 17.2 Å². The molecule has 0 aromatic carbocycles. The predicted octanol–water partition coefficient (Wildman–Crippen LogP) is -0.858. The number of primary amides is 1. The number of hydrogen-bond donors (Lipinski definition) is 3. The third kappa shape index (κ3) is 6.19. The van der Waals surface area contributed by atoms with Crippen molar-refractivity contribution in [2.45, 2.75) is 19.4 Å². The lowest BCUT2D eigenvalue weighted by atomic mass is 10.3. The summed E-state index contributed by atoms with van der Waals surface area (Å²) < 4.78 is 0. The molecule has 5 nitrogen and oxygen atoms in total. The summed E-state index contributed by atoms with van der Waals surface area (Å²) in [6, 6.07) is -0.325. The van der Waals surface area contributed by atoms with E-state index in [1.54, 1.807) is 13.0 Å². The molecule has 0 aliphatic heterocycles. The normalized spacial score (nSPS) is 11.8. The number of carbonyl (C=O) groups is 2. The molecule has 0 saturated carbocycles. The molecular weight excluding hydrogens is 182 g/mol. The first-order valence-electron chi connectivity index (χ1n) is 4.48. The second-order valence-electron chi connectivity index (χ2n) is 2.93. The van der Waals surface area contributed by atoms with E-state index in [1.807, 2.05) is 0 Å². The largest absolute Gasteiger partial charge is 0.370 e. The van der Waals surface area contributed by atoms with Crippen LogP contribution in [0.5, 0.6) is 0 Å². The van der Waals surface area contributed by atoms with Gasteiger partial charge in [0.05, 0.1) is 6.04 Å². The van der Waals surface area contributed by atoms with Crippen molar-refractivity contribution in [3.8, 4) is 0 Å². The fraction of sp³-hybridized carbons (Fsp3) is 0.556. The van der Waals surface area contributed by atoms with Gasteiger partial charge in [0.1, 0.15) is 0 Å². The van der Waals surface area contributed by atoms with Crippen molar-refractivity contribution >= 4 is 11.8 Å². The highest BCUT2D eigenvalue weighted by Crippen LogP contribution is 1.83. The number of carbonyl (C=O) groups excluding carboxylic acids is 2. The smallest absolute Gasteiger partial charge is 0.237 e. The van der Waals surface area contributed by atoms with Crippen LogP contribution in [0.4, 0.5) is 0 Å². The van der Waals surface area contributed by atoms with Crippen molar-refractivity contribution in [1.29, 1.82) is 0 Å². The van der Waals surface area contributed by atoms with E-state index in [4.69, 9.17) is 5.73 Å². The van der Waals surface area contributed by atoms with Crippen molar-refractivity contribution in [2.24, 2.45) is 5.73 Å². The van der Waals surface area contributed by atoms with E-state index in [0.717, 1.165) is 0 Å². The standard InChI is InChI=1S/C9H17N3O2/c1-3-5-12-9(14)7(2)11-6-4-8(10)13/h3,7,11H,1,4-6H2,2H3,(H2,10,13)(H,12,14). The average Bonchev–Trinajstić information content (AvgIpc) is 2.13. The van der Waals surface area contributed by atoms with Crippen molar-refractivity contribution < 1.29 is 9.59 Å². The Kier molecular flexibility index (Phi) is 6.39. The van der Waals surface area contributed by atoms with E-state index in [9.17, 15) is 9.59 Å². The number of nitrogens with two attached hydrogens (primary N) is 1. The average molecular weight is 199 g/mol. The van der Waals surface area contributed by atoms with Gasteiger partial charge in [-0.05, 0) is 6.92 Å². The molecule has 0 aromatic heterocycles. The van der Waals surface area contributed by atoms with Gasteiger partial charge in [-0.1, -0.05) is 6.08 Å². The van der Waals surface area contributed by atoms with Crippen LogP contribution in [0, 0.1) is 0 Å². The molecule has 1 atom stereocenters. The lowest BCUT2D eigenvalue weighted by Gasteiger charge is -2.12. The molecule has 0 fully saturated rings. The van der Waals surface area contributed by atoms with Crippen molar-refractivity contribution in [2.75, 3.05) is 13.1 Å². The van der Waals surface area contributed by atoms with Crippen LogP contribution in [0.1, 0.15) is 13.3 Å². The zero-order chi connectivity index (χ0) is 11.0. The number of amides is 2. The van der Waals surface area contributed by atoms with Crippen molar-refractivity contribution in [3.63, 3.8) is 0 Å². The van der Waals surface area contributed by atoms with E-state index in [-0.39, 0.29) is 24.3 Å². The van der Waals surface area contributed by atoms with Gasteiger partial charge >= 0.3 is 0 Å². The number of rotatable bonds is 7. The first kappa shape index (κ1) is 12.6. The fourth-order valence-electron chi connectivity index (χ4n) is 0.830. The lowest BCUT2D eigenvalue weighted by molar-refractivity contribution is -0.123. The topological polar surface area (TPSA) is 84.2 Å². The molecule has 0 rings (SSSR count). The monoisotopic (exact) mass is 199 g/mol. The summed E-state index contributed by atoms with van der Waals surface area (Å²) in [6.07, 6.45) is 1.84. The predicted molar refractivity (Wildman–Crippen MR) is 54.5 cm³/mol. The van der Waals surface area contributed by atoms with Crippen LogP contribution in [-0.4, -0.2) is 30.9 Å². The van der Waals surface area contributed by atoms with E-state index >= 15 is 0 Å². The molecule has 0 bridgehead atoms. The summed E-state index contributed by atoms with van der Waals surface area (Å²) in [5.74, 6) is -0.495. The minimum Gasteiger partial charge on any atom is -0.370 e. The highest BCUT2D eigenvalue weighted by molar-refractivity contribution is 5.81. The van der Waals surface area contributed by atoms with Gasteiger partial charge in [0.15, 0.2) is 0 Å². The maximum atomic E-state index is 11.2. The summed E-state index contributed by atoms with van der Waals surface area (Å²) in [5.41, 5.74) is 4.94. The summed E-state index contributed by atoms with van der Waals surface area (Å²) in [4.78, 5) is 21.6. The van der Waals surface area contributed by atoms with Crippen LogP contribution >= 0.6 is 0 Å². The van der Waals surface area contributed by atoms with Gasteiger partial charge in [-0.15, -0.1) is 6.58 Å². The van der Waals surface area contributed by atoms with Crippen LogP contribution in [0.25, 0.3) is 0 Å². The molecule has 0 aliphatic carbocycles. The van der Waals surface area contributed by atoms with E-state index in [1.165, 1.54) is 0 Å². The first-order valence-corrected chi connectivity index (χ1v) is 4.48. The second kappa shape index (κ2) is 7.08. The molecule has 0 aliphatic rings. The summed E-state index contributed by atoms with van der Waals surface area (Å²) >= 11 is 0. The van der Waals surface area contributed by atoms with Gasteiger partial charge in [0.2, 0.25) is 11.8 Å². The molecular formula is C9H17N3O2. The Morgan fingerprint density at radius 2 is 2.21 bits per heavy atom. The van der Waals surface area contributed by atoms with Gasteiger partial charge in [0, 0.05) is 19.5 Å². The van der Waals surface area contributed by atoms with Crippen LogP contribution in [0.15, 0.2) is 12.7 Å². The molecule has 0 spiro atoms. The highest BCUT2D eigenvalue weighted by atomic mass is 16.2. The molecule has 14 heavy (non-hydrogen) atoms. The lowest BCUT2D eigenvalue weighted by Crippen LogP contribution is -2.43. The Morgan fingerprint density at radius 1 is 1.57 bits per heavy atom. The second-order valence-corrected chi connectivity index (χ2v) is 2.93. The van der Waals surface area contributed by atoms with Crippen LogP contribution in [0.2, 0.25) is 0 Å². The van der Waals surface area contributed by atoms with Crippen LogP contribution in [0.3, 0.4) is 0 Å². The molecule has 0 radical (unpaired) electrons. The van der Waals surface area contributed by atoms with Crippen molar-refractivity contribution in [3.05, 3.63) is 12.7 Å². The fourth-order valence-corrected chi connectivity index (χ4v) is 0.830. The van der Waals surface area contributed by atoms with Gasteiger partial charge in [0.25, 0.3) is 0 Å². The summed E-state index contributed by atoms with van der Waals surface area (Å²) in [7, 11) is 0. The Hall–Kier alpha value is -1.36. The summed E-state index contributed by atoms with van der Waals surface area (Å²) in [6.45, 7) is 6.06. The van der Waals surface area contributed by atoms with Crippen LogP contribution in [-0.2, 0) is 9.59 Å². The SMILES string of the molecule is C=CCNC(=O)C(C)NCCC(N)=O. The molecule has 1 unspecified atom stereocenters. The van der Waals surface area contributed by atoms with Crippen molar-refractivity contribution in [1.82, 2.24) is 10.6 Å². The van der Waals surface area contributed by atoms with E-state index < -0.39 is 0 Å². The summed E-state index contributed by atoms with van der Waals surface area (Å²) in [5, 5.41) is 5.51. The molecule has 80 valence electrons. The zero-order valence-corrected chi connectivity index (χ0v) is 8.38. The Balaban J connectivity index is 3.61. The molecule has 0 heterocycles.